The van der Waals surface area contributed by atoms with Crippen molar-refractivity contribution in [3.63, 3.8) is 0 Å². The first kappa shape index (κ1) is 14.2. The van der Waals surface area contributed by atoms with Crippen molar-refractivity contribution in [3.8, 4) is 0 Å². The molecule has 1 aromatic rings. The average molecular weight is 234 g/mol. The molecule has 0 radical (unpaired) electrons. The molecule has 0 fully saturated rings. The highest BCUT2D eigenvalue weighted by Crippen LogP contribution is 2.14. The molecule has 1 N–H and O–H groups in total. The number of hydrogen-bond donors (Lipinski definition) is 1. The summed E-state index contributed by atoms with van der Waals surface area (Å²) in [5.74, 6) is 0.716. The van der Waals surface area contributed by atoms with Crippen molar-refractivity contribution in [2.24, 2.45) is 5.92 Å². The van der Waals surface area contributed by atoms with Crippen molar-refractivity contribution in [2.45, 2.75) is 52.5 Å². The molecule has 0 amide bonds. The number of pyridine rings is 1. The third kappa shape index (κ3) is 5.31. The standard InChI is InChI=1S/C15H26N2/c1-4-8-13(3)15(17-10-5-2)12-14-9-6-7-11-16-14/h6-7,9,11,13,15,17H,4-5,8,10,12H2,1-3H3. The lowest BCUT2D eigenvalue weighted by atomic mass is 9.93. The third-order valence-electron chi connectivity index (χ3n) is 3.24. The Morgan fingerprint density at radius 3 is 2.65 bits per heavy atom. The lowest BCUT2D eigenvalue weighted by Gasteiger charge is -2.24. The van der Waals surface area contributed by atoms with E-state index < -0.39 is 0 Å². The second kappa shape index (κ2) is 8.24. The molecule has 0 saturated heterocycles. The highest BCUT2D eigenvalue weighted by atomic mass is 14.9. The predicted molar refractivity (Wildman–Crippen MR) is 74.1 cm³/mol. The second-order valence-corrected chi connectivity index (χ2v) is 4.85. The summed E-state index contributed by atoms with van der Waals surface area (Å²) in [5, 5.41) is 3.66. The van der Waals surface area contributed by atoms with Gasteiger partial charge in [0.25, 0.3) is 0 Å². The fourth-order valence-corrected chi connectivity index (χ4v) is 2.20. The van der Waals surface area contributed by atoms with Gasteiger partial charge in [-0.3, -0.25) is 4.98 Å². The van der Waals surface area contributed by atoms with Crippen molar-refractivity contribution in [1.82, 2.24) is 10.3 Å². The summed E-state index contributed by atoms with van der Waals surface area (Å²) in [4.78, 5) is 4.43. The molecule has 2 unspecified atom stereocenters. The van der Waals surface area contributed by atoms with Gasteiger partial charge in [-0.25, -0.2) is 0 Å². The Morgan fingerprint density at radius 1 is 1.24 bits per heavy atom. The Hall–Kier alpha value is -0.890. The van der Waals surface area contributed by atoms with Crippen LogP contribution in [0.15, 0.2) is 24.4 Å². The van der Waals surface area contributed by atoms with Crippen molar-refractivity contribution in [1.29, 1.82) is 0 Å². The van der Waals surface area contributed by atoms with E-state index in [0.29, 0.717) is 12.0 Å². The Bertz CT molecular complexity index is 284. The van der Waals surface area contributed by atoms with Crippen molar-refractivity contribution in [3.05, 3.63) is 30.1 Å². The van der Waals surface area contributed by atoms with E-state index in [4.69, 9.17) is 0 Å². The minimum absolute atomic E-state index is 0.560. The van der Waals surface area contributed by atoms with Crippen LogP contribution in [-0.2, 0) is 6.42 Å². The molecule has 2 nitrogen and oxygen atoms in total. The number of nitrogens with zero attached hydrogens (tertiary/aromatic N) is 1. The maximum Gasteiger partial charge on any atom is 0.0419 e. The normalized spacial score (nSPS) is 14.5. The largest absolute Gasteiger partial charge is 0.313 e. The Labute approximate surface area is 106 Å². The van der Waals surface area contributed by atoms with Crippen LogP contribution < -0.4 is 5.32 Å². The minimum Gasteiger partial charge on any atom is -0.313 e. The first-order valence-electron chi connectivity index (χ1n) is 6.91. The number of aromatic nitrogens is 1. The molecule has 1 heterocycles. The molecule has 96 valence electrons. The van der Waals surface area contributed by atoms with E-state index in [0.717, 1.165) is 13.0 Å². The van der Waals surface area contributed by atoms with Gasteiger partial charge in [0.15, 0.2) is 0 Å². The molecule has 0 bridgehead atoms. The zero-order chi connectivity index (χ0) is 12.5. The van der Waals surface area contributed by atoms with E-state index in [1.54, 1.807) is 0 Å². The van der Waals surface area contributed by atoms with Crippen LogP contribution in [0.25, 0.3) is 0 Å². The van der Waals surface area contributed by atoms with E-state index in [1.165, 1.54) is 25.0 Å². The summed E-state index contributed by atoms with van der Waals surface area (Å²) < 4.78 is 0. The maximum absolute atomic E-state index is 4.43. The summed E-state index contributed by atoms with van der Waals surface area (Å²) in [7, 11) is 0. The monoisotopic (exact) mass is 234 g/mol. The molecule has 1 rings (SSSR count). The second-order valence-electron chi connectivity index (χ2n) is 4.85. The Kier molecular flexibility index (Phi) is 6.87. The Balaban J connectivity index is 2.56. The van der Waals surface area contributed by atoms with Gasteiger partial charge < -0.3 is 5.32 Å². The molecule has 0 saturated carbocycles. The topological polar surface area (TPSA) is 24.9 Å². The van der Waals surface area contributed by atoms with Crippen LogP contribution in [0.4, 0.5) is 0 Å². The van der Waals surface area contributed by atoms with Crippen LogP contribution in [0, 0.1) is 5.92 Å². The molecule has 2 heteroatoms. The van der Waals surface area contributed by atoms with Gasteiger partial charge in [0.05, 0.1) is 0 Å². The molecule has 0 aliphatic rings. The Morgan fingerprint density at radius 2 is 2.06 bits per heavy atom. The fourth-order valence-electron chi connectivity index (χ4n) is 2.20. The van der Waals surface area contributed by atoms with Gasteiger partial charge in [-0.2, -0.15) is 0 Å². The van der Waals surface area contributed by atoms with Crippen molar-refractivity contribution >= 4 is 0 Å². The van der Waals surface area contributed by atoms with Crippen LogP contribution in [-0.4, -0.2) is 17.6 Å². The van der Waals surface area contributed by atoms with Crippen molar-refractivity contribution in [2.75, 3.05) is 6.54 Å². The van der Waals surface area contributed by atoms with Gasteiger partial charge in [0.1, 0.15) is 0 Å². The molecule has 0 aliphatic heterocycles. The van der Waals surface area contributed by atoms with Crippen LogP contribution >= 0.6 is 0 Å². The number of rotatable bonds is 8. The third-order valence-corrected chi connectivity index (χ3v) is 3.24. The zero-order valence-electron chi connectivity index (χ0n) is 11.4. The lowest BCUT2D eigenvalue weighted by Crippen LogP contribution is -2.37. The van der Waals surface area contributed by atoms with Crippen LogP contribution in [0.5, 0.6) is 0 Å². The highest BCUT2D eigenvalue weighted by molar-refractivity contribution is 5.05. The fraction of sp³-hybridized carbons (Fsp3) is 0.667. The van der Waals surface area contributed by atoms with E-state index in [-0.39, 0.29) is 0 Å². The van der Waals surface area contributed by atoms with E-state index >= 15 is 0 Å². The quantitative estimate of drug-likeness (QED) is 0.745. The summed E-state index contributed by atoms with van der Waals surface area (Å²) >= 11 is 0. The lowest BCUT2D eigenvalue weighted by molar-refractivity contribution is 0.350. The molecule has 17 heavy (non-hydrogen) atoms. The van der Waals surface area contributed by atoms with E-state index in [1.807, 2.05) is 12.3 Å². The summed E-state index contributed by atoms with van der Waals surface area (Å²) in [5.41, 5.74) is 1.20. The van der Waals surface area contributed by atoms with Gasteiger partial charge in [0.2, 0.25) is 0 Å². The van der Waals surface area contributed by atoms with Gasteiger partial charge in [0, 0.05) is 24.4 Å². The van der Waals surface area contributed by atoms with Gasteiger partial charge >= 0.3 is 0 Å². The van der Waals surface area contributed by atoms with E-state index in [2.05, 4.69) is 43.2 Å². The van der Waals surface area contributed by atoms with Crippen LogP contribution in [0.3, 0.4) is 0 Å². The first-order valence-corrected chi connectivity index (χ1v) is 6.91. The highest BCUT2D eigenvalue weighted by Gasteiger charge is 2.16. The molecular weight excluding hydrogens is 208 g/mol. The minimum atomic E-state index is 0.560. The predicted octanol–water partition coefficient (Wildman–Crippen LogP) is 3.43. The average Bonchev–Trinajstić information content (AvgIpc) is 2.36. The zero-order valence-corrected chi connectivity index (χ0v) is 11.4. The molecule has 0 aromatic carbocycles. The molecule has 0 aliphatic carbocycles. The molecule has 0 spiro atoms. The SMILES string of the molecule is CCCNC(Cc1ccccn1)C(C)CCC. The van der Waals surface area contributed by atoms with Crippen LogP contribution in [0.2, 0.25) is 0 Å². The summed E-state index contributed by atoms with van der Waals surface area (Å²) in [6.45, 7) is 7.93. The molecule has 2 atom stereocenters. The van der Waals surface area contributed by atoms with Crippen LogP contribution in [0.1, 0.15) is 45.7 Å². The van der Waals surface area contributed by atoms with E-state index in [9.17, 15) is 0 Å². The number of nitrogens with one attached hydrogen (secondary N) is 1. The molecule has 1 aromatic heterocycles. The van der Waals surface area contributed by atoms with Crippen molar-refractivity contribution < 1.29 is 0 Å². The smallest absolute Gasteiger partial charge is 0.0419 e. The molecular formula is C15H26N2. The maximum atomic E-state index is 4.43. The first-order chi connectivity index (χ1) is 8.27. The van der Waals surface area contributed by atoms with Gasteiger partial charge in [-0.15, -0.1) is 0 Å². The van der Waals surface area contributed by atoms with Gasteiger partial charge in [-0.05, 0) is 37.4 Å². The van der Waals surface area contributed by atoms with Gasteiger partial charge in [-0.1, -0.05) is 33.3 Å². The number of hydrogen-bond acceptors (Lipinski definition) is 2. The summed E-state index contributed by atoms with van der Waals surface area (Å²) in [6.07, 6.45) is 6.66. The summed E-state index contributed by atoms with van der Waals surface area (Å²) in [6, 6.07) is 6.74.